The predicted octanol–water partition coefficient (Wildman–Crippen LogP) is 5.03. The lowest BCUT2D eigenvalue weighted by atomic mass is 10.0. The Bertz CT molecular complexity index is 983. The number of hydrogen-bond acceptors (Lipinski definition) is 2. The number of nitrogens with zero attached hydrogens (tertiary/aromatic N) is 2. The summed E-state index contributed by atoms with van der Waals surface area (Å²) in [5, 5.41) is 8.98. The summed E-state index contributed by atoms with van der Waals surface area (Å²) in [6, 6.07) is 15.3. The highest BCUT2D eigenvalue weighted by molar-refractivity contribution is 7.80. The molecule has 0 aliphatic heterocycles. The summed E-state index contributed by atoms with van der Waals surface area (Å²) in [6.45, 7) is 11.7. The first-order valence-corrected chi connectivity index (χ1v) is 11.2. The van der Waals surface area contributed by atoms with E-state index in [0.717, 1.165) is 31.7 Å². The molecule has 1 aromatic heterocycles. The van der Waals surface area contributed by atoms with Crippen LogP contribution < -0.4 is 10.6 Å². The molecule has 3 rings (SSSR count). The summed E-state index contributed by atoms with van der Waals surface area (Å²) in [5.41, 5.74) is 6.13. The number of benzene rings is 2. The summed E-state index contributed by atoms with van der Waals surface area (Å²) in [6.07, 6.45) is 3.18. The van der Waals surface area contributed by atoms with Gasteiger partial charge in [0.1, 0.15) is 0 Å². The summed E-state index contributed by atoms with van der Waals surface area (Å²) < 4.78 is 2.21. The Kier molecular flexibility index (Phi) is 7.51. The first-order valence-electron chi connectivity index (χ1n) is 10.8. The molecule has 30 heavy (non-hydrogen) atoms. The van der Waals surface area contributed by atoms with E-state index in [2.05, 4.69) is 104 Å². The van der Waals surface area contributed by atoms with Gasteiger partial charge in [0.2, 0.25) is 0 Å². The van der Waals surface area contributed by atoms with Crippen LogP contribution in [0.3, 0.4) is 0 Å². The van der Waals surface area contributed by atoms with Crippen molar-refractivity contribution in [2.45, 2.75) is 40.2 Å². The molecular weight excluding hydrogens is 388 g/mol. The number of nitrogens with one attached hydrogen (secondary N) is 2. The van der Waals surface area contributed by atoms with Gasteiger partial charge in [-0.3, -0.25) is 0 Å². The average Bonchev–Trinajstić information content (AvgIpc) is 3.01. The molecule has 0 bridgehead atoms. The van der Waals surface area contributed by atoms with E-state index in [9.17, 15) is 0 Å². The van der Waals surface area contributed by atoms with Crippen LogP contribution in [0.15, 0.2) is 48.7 Å². The van der Waals surface area contributed by atoms with Gasteiger partial charge in [-0.1, -0.05) is 38.1 Å². The smallest absolute Gasteiger partial charge is 0.171 e. The van der Waals surface area contributed by atoms with Crippen LogP contribution in [-0.2, 0) is 13.5 Å². The van der Waals surface area contributed by atoms with Crippen molar-refractivity contribution in [1.82, 2.24) is 14.8 Å². The van der Waals surface area contributed by atoms with E-state index in [4.69, 9.17) is 12.2 Å². The highest BCUT2D eigenvalue weighted by atomic mass is 32.1. The number of aryl methyl sites for hydroxylation is 3. The molecule has 0 unspecified atom stereocenters. The summed E-state index contributed by atoms with van der Waals surface area (Å²) in [7, 11) is 2.12. The summed E-state index contributed by atoms with van der Waals surface area (Å²) >= 11 is 5.70. The van der Waals surface area contributed by atoms with Crippen LogP contribution >= 0.6 is 12.2 Å². The van der Waals surface area contributed by atoms with E-state index in [1.807, 2.05) is 0 Å². The maximum Gasteiger partial charge on any atom is 0.171 e. The van der Waals surface area contributed by atoms with Gasteiger partial charge in [-0.05, 0) is 80.5 Å². The van der Waals surface area contributed by atoms with Crippen LogP contribution in [-0.4, -0.2) is 40.3 Å². The fraction of sp³-hybridized carbons (Fsp3) is 0.400. The lowest BCUT2D eigenvalue weighted by Gasteiger charge is -2.27. The van der Waals surface area contributed by atoms with Crippen molar-refractivity contribution in [2.75, 3.05) is 25.0 Å². The van der Waals surface area contributed by atoms with Crippen molar-refractivity contribution in [3.8, 4) is 0 Å². The monoisotopic (exact) mass is 422 g/mol. The van der Waals surface area contributed by atoms with Crippen LogP contribution in [0.1, 0.15) is 30.5 Å². The van der Waals surface area contributed by atoms with E-state index in [1.165, 1.54) is 27.6 Å². The van der Waals surface area contributed by atoms with Crippen molar-refractivity contribution in [1.29, 1.82) is 0 Å². The summed E-state index contributed by atoms with van der Waals surface area (Å²) in [5.74, 6) is 0. The average molecular weight is 423 g/mol. The molecule has 1 atom stereocenters. The van der Waals surface area contributed by atoms with Crippen molar-refractivity contribution in [2.24, 2.45) is 7.05 Å². The molecule has 0 radical (unpaired) electrons. The van der Waals surface area contributed by atoms with Crippen molar-refractivity contribution < 1.29 is 0 Å². The minimum atomic E-state index is 0.224. The van der Waals surface area contributed by atoms with E-state index in [0.29, 0.717) is 5.11 Å². The third kappa shape index (κ3) is 5.61. The van der Waals surface area contributed by atoms with Crippen molar-refractivity contribution >= 4 is 33.9 Å². The Labute approximate surface area is 186 Å². The van der Waals surface area contributed by atoms with Crippen LogP contribution in [0.2, 0.25) is 0 Å². The normalized spacial score (nSPS) is 12.3. The maximum atomic E-state index is 5.70. The molecule has 0 saturated heterocycles. The standard InChI is InChI=1S/C25H34N4S/c1-6-29(7-2)17-22(15-20-16-28(5)24-11-9-8-10-23(20)24)27-25(30)26-21-13-18(3)12-19(4)14-21/h8-14,16,22H,6-7,15,17H2,1-5H3,(H2,26,27,30)/t22-/m0/s1. The molecule has 4 nitrogen and oxygen atoms in total. The number of likely N-dealkylation sites (N-methyl/N-ethyl adjacent to an activating group) is 1. The predicted molar refractivity (Wildman–Crippen MR) is 133 cm³/mol. The SMILES string of the molecule is CCN(CC)C[C@H](Cc1cn(C)c2ccccc12)NC(=S)Nc1cc(C)cc(C)c1. The van der Waals surface area contributed by atoms with Gasteiger partial charge in [0.25, 0.3) is 0 Å². The molecule has 0 amide bonds. The van der Waals surface area contributed by atoms with Gasteiger partial charge < -0.3 is 20.1 Å². The minimum Gasteiger partial charge on any atom is -0.358 e. The van der Waals surface area contributed by atoms with Gasteiger partial charge in [0, 0.05) is 42.4 Å². The fourth-order valence-corrected chi connectivity index (χ4v) is 4.49. The molecule has 0 aliphatic carbocycles. The first kappa shape index (κ1) is 22.3. The Balaban J connectivity index is 1.78. The van der Waals surface area contributed by atoms with Crippen LogP contribution in [0.25, 0.3) is 10.9 Å². The number of fused-ring (bicyclic) bond motifs is 1. The quantitative estimate of drug-likeness (QED) is 0.499. The maximum absolute atomic E-state index is 5.70. The van der Waals surface area contributed by atoms with Crippen molar-refractivity contribution in [3.05, 3.63) is 65.4 Å². The molecule has 160 valence electrons. The molecule has 0 aliphatic rings. The van der Waals surface area contributed by atoms with Gasteiger partial charge >= 0.3 is 0 Å². The number of para-hydroxylation sites is 1. The number of anilines is 1. The largest absolute Gasteiger partial charge is 0.358 e. The van der Waals surface area contributed by atoms with Gasteiger partial charge in [-0.2, -0.15) is 0 Å². The number of rotatable bonds is 8. The second-order valence-corrected chi connectivity index (χ2v) is 8.55. The highest BCUT2D eigenvalue weighted by Crippen LogP contribution is 2.22. The highest BCUT2D eigenvalue weighted by Gasteiger charge is 2.17. The first-order chi connectivity index (χ1) is 14.4. The third-order valence-corrected chi connectivity index (χ3v) is 5.85. The Hall–Kier alpha value is -2.37. The Morgan fingerprint density at radius 1 is 1.07 bits per heavy atom. The molecular formula is C25H34N4S. The zero-order valence-electron chi connectivity index (χ0n) is 18.8. The molecule has 0 fully saturated rings. The van der Waals surface area contributed by atoms with E-state index >= 15 is 0 Å². The zero-order chi connectivity index (χ0) is 21.7. The molecule has 0 saturated carbocycles. The summed E-state index contributed by atoms with van der Waals surface area (Å²) in [4.78, 5) is 2.45. The Morgan fingerprint density at radius 3 is 2.40 bits per heavy atom. The van der Waals surface area contributed by atoms with Crippen molar-refractivity contribution in [3.63, 3.8) is 0 Å². The molecule has 5 heteroatoms. The van der Waals surface area contributed by atoms with Gasteiger partial charge in [0.15, 0.2) is 5.11 Å². The third-order valence-electron chi connectivity index (χ3n) is 5.63. The second-order valence-electron chi connectivity index (χ2n) is 8.14. The van der Waals surface area contributed by atoms with Crippen LogP contribution in [0, 0.1) is 13.8 Å². The number of thiocarbonyl (C=S) groups is 1. The molecule has 1 heterocycles. The van der Waals surface area contributed by atoms with Crippen LogP contribution in [0.4, 0.5) is 5.69 Å². The topological polar surface area (TPSA) is 32.2 Å². The lowest BCUT2D eigenvalue weighted by Crippen LogP contribution is -2.46. The molecule has 3 aromatic rings. The van der Waals surface area contributed by atoms with E-state index in [1.54, 1.807) is 0 Å². The molecule has 0 spiro atoms. The van der Waals surface area contributed by atoms with E-state index in [-0.39, 0.29) is 6.04 Å². The van der Waals surface area contributed by atoms with Gasteiger partial charge in [-0.15, -0.1) is 0 Å². The molecule has 2 N–H and O–H groups in total. The van der Waals surface area contributed by atoms with Gasteiger partial charge in [0.05, 0.1) is 0 Å². The fourth-order valence-electron chi connectivity index (χ4n) is 4.21. The lowest BCUT2D eigenvalue weighted by molar-refractivity contribution is 0.274. The van der Waals surface area contributed by atoms with Crippen LogP contribution in [0.5, 0.6) is 0 Å². The zero-order valence-corrected chi connectivity index (χ0v) is 19.6. The number of aromatic nitrogens is 1. The second kappa shape index (κ2) is 10.1. The van der Waals surface area contributed by atoms with Gasteiger partial charge in [-0.25, -0.2) is 0 Å². The minimum absolute atomic E-state index is 0.224. The number of hydrogen-bond donors (Lipinski definition) is 2. The van der Waals surface area contributed by atoms with E-state index < -0.39 is 0 Å². The molecule has 2 aromatic carbocycles. The Morgan fingerprint density at radius 2 is 1.73 bits per heavy atom.